The zero-order valence-electron chi connectivity index (χ0n) is 11.7. The number of carboxylic acids is 1. The lowest BCUT2D eigenvalue weighted by Gasteiger charge is -2.30. The first-order valence-corrected chi connectivity index (χ1v) is 8.65. The average molecular weight is 331 g/mol. The van der Waals surface area contributed by atoms with Crippen LogP contribution in [-0.2, 0) is 10.0 Å². The Hall–Kier alpha value is -1.11. The second-order valence-electron chi connectivity index (χ2n) is 5.24. The number of carbonyl (C=O) groups is 1. The molecule has 5 nitrogen and oxygen atoms in total. The summed E-state index contributed by atoms with van der Waals surface area (Å²) in [5.74, 6) is -1.49. The van der Waals surface area contributed by atoms with Crippen molar-refractivity contribution in [3.05, 3.63) is 28.8 Å². The van der Waals surface area contributed by atoms with Gasteiger partial charge in [0, 0.05) is 23.7 Å². The van der Waals surface area contributed by atoms with Crippen LogP contribution in [0, 0.1) is 0 Å². The molecule has 0 unspecified atom stereocenters. The summed E-state index contributed by atoms with van der Waals surface area (Å²) in [6.45, 7) is 0. The highest BCUT2D eigenvalue weighted by atomic mass is 35.5. The van der Waals surface area contributed by atoms with E-state index in [1.807, 2.05) is 0 Å². The van der Waals surface area contributed by atoms with Crippen LogP contribution < -0.4 is 5.11 Å². The normalized spacial score (nSPS) is 17.1. The van der Waals surface area contributed by atoms with E-state index in [0.717, 1.165) is 38.2 Å². The first-order valence-electron chi connectivity index (χ1n) is 6.83. The molecule has 116 valence electrons. The molecule has 0 atom stereocenters. The van der Waals surface area contributed by atoms with E-state index in [0.29, 0.717) is 0 Å². The highest BCUT2D eigenvalue weighted by Gasteiger charge is 2.29. The molecule has 1 aliphatic carbocycles. The van der Waals surface area contributed by atoms with E-state index in [-0.39, 0.29) is 21.5 Å². The minimum Gasteiger partial charge on any atom is -0.545 e. The molecule has 0 amide bonds. The lowest BCUT2D eigenvalue weighted by Crippen LogP contribution is -2.38. The number of carboxylic acid groups (broad SMARTS) is 1. The van der Waals surface area contributed by atoms with Crippen molar-refractivity contribution in [2.24, 2.45) is 0 Å². The Balaban J connectivity index is 2.34. The number of halogens is 1. The minimum absolute atomic E-state index is 0.0331. The van der Waals surface area contributed by atoms with E-state index >= 15 is 0 Å². The zero-order chi connectivity index (χ0) is 15.6. The van der Waals surface area contributed by atoms with Crippen LogP contribution >= 0.6 is 11.6 Å². The van der Waals surface area contributed by atoms with Crippen LogP contribution in [0.4, 0.5) is 0 Å². The van der Waals surface area contributed by atoms with Gasteiger partial charge in [0.25, 0.3) is 0 Å². The molecule has 1 aromatic rings. The highest BCUT2D eigenvalue weighted by Crippen LogP contribution is 2.28. The molecule has 0 aliphatic heterocycles. The maximum absolute atomic E-state index is 12.6. The van der Waals surface area contributed by atoms with Gasteiger partial charge in [-0.1, -0.05) is 30.9 Å². The van der Waals surface area contributed by atoms with E-state index in [2.05, 4.69) is 0 Å². The topological polar surface area (TPSA) is 77.5 Å². The summed E-state index contributed by atoms with van der Waals surface area (Å²) in [7, 11) is -2.19. The van der Waals surface area contributed by atoms with E-state index in [4.69, 9.17) is 11.6 Å². The van der Waals surface area contributed by atoms with Crippen LogP contribution in [0.2, 0.25) is 5.02 Å². The van der Waals surface area contributed by atoms with Gasteiger partial charge in [0.2, 0.25) is 10.0 Å². The number of hydrogen-bond donors (Lipinski definition) is 0. The third kappa shape index (κ3) is 3.39. The number of nitrogens with zero attached hydrogens (tertiary/aromatic N) is 1. The molecule has 21 heavy (non-hydrogen) atoms. The van der Waals surface area contributed by atoms with Gasteiger partial charge in [-0.05, 0) is 31.0 Å². The van der Waals surface area contributed by atoms with Crippen molar-refractivity contribution in [3.8, 4) is 0 Å². The fourth-order valence-electron chi connectivity index (χ4n) is 2.63. The first-order chi connectivity index (χ1) is 9.84. The van der Waals surface area contributed by atoms with Crippen LogP contribution in [0.15, 0.2) is 23.1 Å². The van der Waals surface area contributed by atoms with E-state index in [1.54, 1.807) is 7.05 Å². The molecule has 1 fully saturated rings. The summed E-state index contributed by atoms with van der Waals surface area (Å²) in [5, 5.41) is 10.9. The highest BCUT2D eigenvalue weighted by molar-refractivity contribution is 7.89. The van der Waals surface area contributed by atoms with E-state index in [1.165, 1.54) is 16.4 Å². The number of carbonyl (C=O) groups excluding carboxylic acids is 1. The maximum Gasteiger partial charge on any atom is 0.243 e. The SMILES string of the molecule is CN(C1CCCCC1)S(=O)(=O)c1ccc(Cl)c(C(=O)[O-])c1. The van der Waals surface area contributed by atoms with E-state index in [9.17, 15) is 18.3 Å². The summed E-state index contributed by atoms with van der Waals surface area (Å²) >= 11 is 5.74. The van der Waals surface area contributed by atoms with Gasteiger partial charge in [-0.3, -0.25) is 0 Å². The minimum atomic E-state index is -3.73. The molecule has 0 N–H and O–H groups in total. The Bertz CT molecular complexity index is 638. The standard InChI is InChI=1S/C14H18ClNO4S/c1-16(10-5-3-2-4-6-10)21(19,20)11-7-8-13(15)12(9-11)14(17)18/h7-10H,2-6H2,1H3,(H,17,18)/p-1. The van der Waals surface area contributed by atoms with Crippen molar-refractivity contribution in [2.75, 3.05) is 7.05 Å². The molecule has 2 rings (SSSR count). The lowest BCUT2D eigenvalue weighted by molar-refractivity contribution is -0.255. The second kappa shape index (κ2) is 6.34. The molecular formula is C14H17ClNO4S-. The summed E-state index contributed by atoms with van der Waals surface area (Å²) in [6.07, 6.45) is 4.80. The van der Waals surface area contributed by atoms with Crippen molar-refractivity contribution in [1.29, 1.82) is 0 Å². The summed E-state index contributed by atoms with van der Waals surface area (Å²) in [6, 6.07) is 3.62. The molecule has 0 heterocycles. The van der Waals surface area contributed by atoms with Gasteiger partial charge in [-0.2, -0.15) is 4.31 Å². The van der Waals surface area contributed by atoms with Crippen molar-refractivity contribution in [2.45, 2.75) is 43.0 Å². The maximum atomic E-state index is 12.6. The number of rotatable bonds is 4. The number of aromatic carboxylic acids is 1. The van der Waals surface area contributed by atoms with Gasteiger partial charge >= 0.3 is 0 Å². The smallest absolute Gasteiger partial charge is 0.243 e. The third-order valence-corrected chi connectivity index (χ3v) is 6.16. The second-order valence-corrected chi connectivity index (χ2v) is 7.65. The fourth-order valence-corrected chi connectivity index (χ4v) is 4.27. The molecule has 1 aromatic carbocycles. The number of hydrogen-bond acceptors (Lipinski definition) is 4. The van der Waals surface area contributed by atoms with Crippen molar-refractivity contribution < 1.29 is 18.3 Å². The molecule has 0 radical (unpaired) electrons. The van der Waals surface area contributed by atoms with Crippen LogP contribution in [0.3, 0.4) is 0 Å². The molecule has 0 saturated heterocycles. The third-order valence-electron chi connectivity index (χ3n) is 3.92. The predicted octanol–water partition coefficient (Wildman–Crippen LogP) is 1.66. The molecular weight excluding hydrogens is 314 g/mol. The number of sulfonamides is 1. The van der Waals surface area contributed by atoms with Crippen molar-refractivity contribution in [1.82, 2.24) is 4.31 Å². The summed E-state index contributed by atoms with van der Waals surface area (Å²) in [4.78, 5) is 10.9. The van der Waals surface area contributed by atoms with E-state index < -0.39 is 16.0 Å². The average Bonchev–Trinajstić information content (AvgIpc) is 2.47. The Labute approximate surface area is 129 Å². The molecule has 0 bridgehead atoms. The van der Waals surface area contributed by atoms with Crippen LogP contribution in [0.5, 0.6) is 0 Å². The molecule has 1 saturated carbocycles. The molecule has 1 aliphatic rings. The van der Waals surface area contributed by atoms with Crippen molar-refractivity contribution in [3.63, 3.8) is 0 Å². The molecule has 0 spiro atoms. The summed E-state index contributed by atoms with van der Waals surface area (Å²) in [5.41, 5.74) is -0.310. The summed E-state index contributed by atoms with van der Waals surface area (Å²) < 4.78 is 26.5. The lowest BCUT2D eigenvalue weighted by atomic mass is 9.96. The zero-order valence-corrected chi connectivity index (χ0v) is 13.3. The largest absolute Gasteiger partial charge is 0.545 e. The van der Waals surface area contributed by atoms with Gasteiger partial charge in [0.05, 0.1) is 10.9 Å². The van der Waals surface area contributed by atoms with Gasteiger partial charge in [-0.25, -0.2) is 8.42 Å². The quantitative estimate of drug-likeness (QED) is 0.841. The van der Waals surface area contributed by atoms with Crippen LogP contribution in [0.1, 0.15) is 42.5 Å². The Morgan fingerprint density at radius 3 is 2.48 bits per heavy atom. The monoisotopic (exact) mass is 330 g/mol. The van der Waals surface area contributed by atoms with Crippen LogP contribution in [0.25, 0.3) is 0 Å². The van der Waals surface area contributed by atoms with Crippen molar-refractivity contribution >= 4 is 27.6 Å². The molecule has 7 heteroatoms. The Kier molecular flexibility index (Phi) is 4.91. The van der Waals surface area contributed by atoms with Gasteiger partial charge in [-0.15, -0.1) is 0 Å². The van der Waals surface area contributed by atoms with Gasteiger partial charge in [0.15, 0.2) is 0 Å². The van der Waals surface area contributed by atoms with Gasteiger partial charge < -0.3 is 9.90 Å². The predicted molar refractivity (Wildman–Crippen MR) is 77.6 cm³/mol. The fraction of sp³-hybridized carbons (Fsp3) is 0.500. The van der Waals surface area contributed by atoms with Crippen LogP contribution in [-0.4, -0.2) is 31.8 Å². The number of benzene rings is 1. The Morgan fingerprint density at radius 2 is 1.90 bits per heavy atom. The first kappa shape index (κ1) is 16.3. The van der Waals surface area contributed by atoms with Gasteiger partial charge in [0.1, 0.15) is 0 Å². The molecule has 0 aromatic heterocycles. The Morgan fingerprint density at radius 1 is 1.29 bits per heavy atom.